The maximum atomic E-state index is 2.31. The molecule has 0 heterocycles. The van der Waals surface area contributed by atoms with Gasteiger partial charge in [-0.15, -0.1) is 0 Å². The Balaban J connectivity index is 2.21. The second-order valence-corrected chi connectivity index (χ2v) is 4.76. The van der Waals surface area contributed by atoms with Crippen molar-refractivity contribution in [1.82, 2.24) is 0 Å². The van der Waals surface area contributed by atoms with Gasteiger partial charge in [-0.2, -0.15) is 0 Å². The molecule has 0 bridgehead atoms. The van der Waals surface area contributed by atoms with Crippen LogP contribution < -0.4 is 0 Å². The summed E-state index contributed by atoms with van der Waals surface area (Å²) in [7, 11) is 0. The molecule has 0 nitrogen and oxygen atoms in total. The molecule has 0 amide bonds. The first-order valence-electron chi connectivity index (χ1n) is 6.13. The molecule has 1 aliphatic rings. The zero-order valence-electron chi connectivity index (χ0n) is 10.5. The summed E-state index contributed by atoms with van der Waals surface area (Å²) in [5.74, 6) is 0. The Morgan fingerprint density at radius 1 is 1.06 bits per heavy atom. The van der Waals surface area contributed by atoms with Crippen molar-refractivity contribution in [2.45, 2.75) is 40.0 Å². The second-order valence-electron chi connectivity index (χ2n) is 4.76. The molecule has 0 N–H and O–H groups in total. The highest BCUT2D eigenvalue weighted by molar-refractivity contribution is 5.39. The van der Waals surface area contributed by atoms with Crippen LogP contribution in [0.25, 0.3) is 0 Å². The quantitative estimate of drug-likeness (QED) is 0.691. The van der Waals surface area contributed by atoms with Crippen LogP contribution in [0.3, 0.4) is 0 Å². The van der Waals surface area contributed by atoms with E-state index in [4.69, 9.17) is 0 Å². The smallest absolute Gasteiger partial charge is 0.00580 e. The van der Waals surface area contributed by atoms with E-state index in [9.17, 15) is 0 Å². The Morgan fingerprint density at radius 2 is 1.75 bits per heavy atom. The van der Waals surface area contributed by atoms with E-state index in [0.29, 0.717) is 0 Å². The molecule has 0 fully saturated rings. The molecule has 0 saturated heterocycles. The third-order valence-electron chi connectivity index (χ3n) is 3.22. The zero-order chi connectivity index (χ0) is 11.5. The lowest BCUT2D eigenvalue weighted by Crippen LogP contribution is -1.93. The first kappa shape index (κ1) is 11.2. The maximum Gasteiger partial charge on any atom is -0.00580 e. The Kier molecular flexibility index (Phi) is 3.28. The standard InChI is InChI=1S/C16H20/c1-4-15-6-5-7-16(15)11-14-9-12(2)8-13(3)10-14/h5-6,8-10H,4,7,11H2,1-3H3. The molecule has 1 aromatic carbocycles. The monoisotopic (exact) mass is 212 g/mol. The molecule has 0 atom stereocenters. The summed E-state index contributed by atoms with van der Waals surface area (Å²) in [5.41, 5.74) is 7.35. The molecule has 2 rings (SSSR count). The van der Waals surface area contributed by atoms with E-state index < -0.39 is 0 Å². The summed E-state index contributed by atoms with van der Waals surface area (Å²) >= 11 is 0. The van der Waals surface area contributed by atoms with Crippen molar-refractivity contribution in [2.75, 3.05) is 0 Å². The number of hydrogen-bond acceptors (Lipinski definition) is 0. The van der Waals surface area contributed by atoms with Gasteiger partial charge in [0.15, 0.2) is 0 Å². The van der Waals surface area contributed by atoms with Crippen molar-refractivity contribution in [2.24, 2.45) is 0 Å². The van der Waals surface area contributed by atoms with Gasteiger partial charge in [-0.05, 0) is 44.2 Å². The SMILES string of the molecule is CCC1=C(Cc2cc(C)cc(C)c2)CC=C1. The van der Waals surface area contributed by atoms with E-state index in [-0.39, 0.29) is 0 Å². The predicted molar refractivity (Wildman–Crippen MR) is 70.7 cm³/mol. The zero-order valence-corrected chi connectivity index (χ0v) is 10.5. The van der Waals surface area contributed by atoms with E-state index in [1.807, 2.05) is 0 Å². The fourth-order valence-electron chi connectivity index (χ4n) is 2.56. The summed E-state index contributed by atoms with van der Waals surface area (Å²) in [5, 5.41) is 0. The van der Waals surface area contributed by atoms with Crippen molar-refractivity contribution in [3.05, 3.63) is 58.2 Å². The minimum Gasteiger partial charge on any atom is -0.0802 e. The molecular formula is C16H20. The molecule has 0 unspecified atom stereocenters. The van der Waals surface area contributed by atoms with Gasteiger partial charge < -0.3 is 0 Å². The van der Waals surface area contributed by atoms with Crippen molar-refractivity contribution in [1.29, 1.82) is 0 Å². The molecule has 84 valence electrons. The fourth-order valence-corrected chi connectivity index (χ4v) is 2.56. The normalized spacial score (nSPS) is 14.9. The minimum atomic E-state index is 1.12. The van der Waals surface area contributed by atoms with Crippen LogP contribution >= 0.6 is 0 Å². The molecular weight excluding hydrogens is 192 g/mol. The van der Waals surface area contributed by atoms with E-state index in [1.54, 1.807) is 11.1 Å². The van der Waals surface area contributed by atoms with Gasteiger partial charge in [0, 0.05) is 0 Å². The van der Waals surface area contributed by atoms with Crippen molar-refractivity contribution in [3.63, 3.8) is 0 Å². The highest BCUT2D eigenvalue weighted by Gasteiger charge is 2.08. The van der Waals surface area contributed by atoms with Gasteiger partial charge >= 0.3 is 0 Å². The maximum absolute atomic E-state index is 2.31. The van der Waals surface area contributed by atoms with Crippen LogP contribution in [0.1, 0.15) is 36.5 Å². The fraction of sp³-hybridized carbons (Fsp3) is 0.375. The number of aryl methyl sites for hydroxylation is 2. The summed E-state index contributed by atoms with van der Waals surface area (Å²) in [4.78, 5) is 0. The van der Waals surface area contributed by atoms with Gasteiger partial charge in [0.05, 0.1) is 0 Å². The van der Waals surface area contributed by atoms with Crippen LogP contribution in [0, 0.1) is 13.8 Å². The van der Waals surface area contributed by atoms with Gasteiger partial charge in [0.25, 0.3) is 0 Å². The predicted octanol–water partition coefficient (Wildman–Crippen LogP) is 4.51. The Bertz CT molecular complexity index is 427. The van der Waals surface area contributed by atoms with Crippen LogP contribution in [0.4, 0.5) is 0 Å². The van der Waals surface area contributed by atoms with E-state index in [2.05, 4.69) is 51.1 Å². The van der Waals surface area contributed by atoms with Crippen molar-refractivity contribution in [3.8, 4) is 0 Å². The van der Waals surface area contributed by atoms with Crippen molar-refractivity contribution < 1.29 is 0 Å². The number of hydrogen-bond donors (Lipinski definition) is 0. The first-order chi connectivity index (χ1) is 7.69. The lowest BCUT2D eigenvalue weighted by Gasteiger charge is -2.08. The Labute approximate surface area is 98.7 Å². The van der Waals surface area contributed by atoms with Gasteiger partial charge in [-0.1, -0.05) is 54.0 Å². The lowest BCUT2D eigenvalue weighted by molar-refractivity contribution is 1.02. The largest absolute Gasteiger partial charge is 0.0802 e. The molecule has 0 heteroatoms. The summed E-state index contributed by atoms with van der Waals surface area (Å²) in [6.45, 7) is 6.60. The third-order valence-corrected chi connectivity index (χ3v) is 3.22. The van der Waals surface area contributed by atoms with Crippen LogP contribution in [-0.4, -0.2) is 0 Å². The van der Waals surface area contributed by atoms with Crippen LogP contribution in [0.15, 0.2) is 41.5 Å². The molecule has 0 aliphatic heterocycles. The van der Waals surface area contributed by atoms with E-state index >= 15 is 0 Å². The molecule has 0 saturated carbocycles. The van der Waals surface area contributed by atoms with E-state index in [0.717, 1.165) is 19.3 Å². The lowest BCUT2D eigenvalue weighted by atomic mass is 9.97. The van der Waals surface area contributed by atoms with Gasteiger partial charge in [0.1, 0.15) is 0 Å². The number of benzene rings is 1. The topological polar surface area (TPSA) is 0 Å². The van der Waals surface area contributed by atoms with E-state index in [1.165, 1.54) is 16.7 Å². The Morgan fingerprint density at radius 3 is 2.38 bits per heavy atom. The third kappa shape index (κ3) is 2.44. The first-order valence-corrected chi connectivity index (χ1v) is 6.13. The number of rotatable bonds is 3. The van der Waals surface area contributed by atoms with Gasteiger partial charge in [-0.25, -0.2) is 0 Å². The number of allylic oxidation sites excluding steroid dienone is 4. The summed E-state index contributed by atoms with van der Waals surface area (Å²) in [6.07, 6.45) is 8.01. The van der Waals surface area contributed by atoms with Gasteiger partial charge in [-0.3, -0.25) is 0 Å². The van der Waals surface area contributed by atoms with Crippen LogP contribution in [0.2, 0.25) is 0 Å². The summed E-state index contributed by atoms with van der Waals surface area (Å²) in [6, 6.07) is 6.86. The molecule has 0 aromatic heterocycles. The average Bonchev–Trinajstić information content (AvgIpc) is 2.63. The molecule has 0 spiro atoms. The van der Waals surface area contributed by atoms with Crippen LogP contribution in [-0.2, 0) is 6.42 Å². The Hall–Kier alpha value is -1.30. The van der Waals surface area contributed by atoms with Gasteiger partial charge in [0.2, 0.25) is 0 Å². The minimum absolute atomic E-state index is 1.12. The van der Waals surface area contributed by atoms with Crippen LogP contribution in [0.5, 0.6) is 0 Å². The summed E-state index contributed by atoms with van der Waals surface area (Å²) < 4.78 is 0. The van der Waals surface area contributed by atoms with Crippen molar-refractivity contribution >= 4 is 0 Å². The molecule has 16 heavy (non-hydrogen) atoms. The average molecular weight is 212 g/mol. The second kappa shape index (κ2) is 4.69. The highest BCUT2D eigenvalue weighted by atomic mass is 14.1. The molecule has 0 radical (unpaired) electrons. The molecule has 1 aliphatic carbocycles. The highest BCUT2D eigenvalue weighted by Crippen LogP contribution is 2.25. The molecule has 1 aromatic rings.